The quantitative estimate of drug-likeness (QED) is 0.781. The molecule has 0 aromatic carbocycles. The molecule has 21 heavy (non-hydrogen) atoms. The van der Waals surface area contributed by atoms with E-state index in [0.29, 0.717) is 17.8 Å². The zero-order chi connectivity index (χ0) is 15.2. The van der Waals surface area contributed by atoms with Crippen molar-refractivity contribution < 1.29 is 0 Å². The Morgan fingerprint density at radius 1 is 1.19 bits per heavy atom. The molecule has 2 rings (SSSR count). The molecule has 0 amide bonds. The van der Waals surface area contributed by atoms with Gasteiger partial charge in [-0.05, 0) is 39.8 Å². The first kappa shape index (κ1) is 15.8. The molecule has 118 valence electrons. The smallest absolute Gasteiger partial charge is 0.231 e. The molecule has 7 heteroatoms. The van der Waals surface area contributed by atoms with Gasteiger partial charge in [0.05, 0.1) is 0 Å². The van der Waals surface area contributed by atoms with Gasteiger partial charge in [0, 0.05) is 33.2 Å². The van der Waals surface area contributed by atoms with Crippen LogP contribution in [-0.2, 0) is 0 Å². The van der Waals surface area contributed by atoms with Gasteiger partial charge in [0.2, 0.25) is 17.8 Å². The van der Waals surface area contributed by atoms with Crippen molar-refractivity contribution in [3.05, 3.63) is 0 Å². The number of anilines is 3. The van der Waals surface area contributed by atoms with Gasteiger partial charge in [-0.2, -0.15) is 15.0 Å². The van der Waals surface area contributed by atoms with E-state index in [1.165, 1.54) is 13.0 Å². The van der Waals surface area contributed by atoms with E-state index in [1.54, 1.807) is 0 Å². The van der Waals surface area contributed by atoms with Crippen molar-refractivity contribution in [2.24, 2.45) is 5.92 Å². The summed E-state index contributed by atoms with van der Waals surface area (Å²) in [4.78, 5) is 17.9. The molecule has 7 nitrogen and oxygen atoms in total. The summed E-state index contributed by atoms with van der Waals surface area (Å²) in [6.45, 7) is 9.21. The van der Waals surface area contributed by atoms with Crippen LogP contribution in [-0.4, -0.2) is 66.7 Å². The highest BCUT2D eigenvalue weighted by atomic mass is 15.3. The van der Waals surface area contributed by atoms with Gasteiger partial charge in [-0.3, -0.25) is 0 Å². The summed E-state index contributed by atoms with van der Waals surface area (Å²) in [7, 11) is 4.00. The Hall–Kier alpha value is -1.63. The third-order valence-electron chi connectivity index (χ3n) is 3.93. The normalized spacial score (nSPS) is 18.8. The van der Waals surface area contributed by atoms with E-state index < -0.39 is 0 Å². The predicted molar refractivity (Wildman–Crippen MR) is 87.0 cm³/mol. The SMILES string of the molecule is CCN(CC)c1nc(NC)nc(NCC2CCN(C)C2)n1. The van der Waals surface area contributed by atoms with Gasteiger partial charge in [0.15, 0.2) is 0 Å². The van der Waals surface area contributed by atoms with Crippen LogP contribution in [0.4, 0.5) is 17.8 Å². The molecule has 1 saturated heterocycles. The highest BCUT2D eigenvalue weighted by Crippen LogP contribution is 2.16. The second-order valence-corrected chi connectivity index (χ2v) is 5.50. The van der Waals surface area contributed by atoms with Crippen molar-refractivity contribution in [2.75, 3.05) is 62.4 Å². The maximum atomic E-state index is 4.54. The van der Waals surface area contributed by atoms with Crippen LogP contribution in [0.1, 0.15) is 20.3 Å². The lowest BCUT2D eigenvalue weighted by molar-refractivity contribution is 0.399. The topological polar surface area (TPSA) is 69.2 Å². The van der Waals surface area contributed by atoms with Crippen LogP contribution in [0.15, 0.2) is 0 Å². The van der Waals surface area contributed by atoms with Crippen LogP contribution >= 0.6 is 0 Å². The minimum Gasteiger partial charge on any atom is -0.357 e. The second-order valence-electron chi connectivity index (χ2n) is 5.50. The fourth-order valence-electron chi connectivity index (χ4n) is 2.63. The Balaban J connectivity index is 2.05. The molecule has 2 N–H and O–H groups in total. The van der Waals surface area contributed by atoms with Crippen LogP contribution in [0.3, 0.4) is 0 Å². The maximum Gasteiger partial charge on any atom is 0.231 e. The van der Waals surface area contributed by atoms with Crippen LogP contribution in [0, 0.1) is 5.92 Å². The Labute approximate surface area is 127 Å². The molecule has 0 spiro atoms. The molecule has 1 aromatic heterocycles. The van der Waals surface area contributed by atoms with Crippen molar-refractivity contribution in [1.29, 1.82) is 0 Å². The van der Waals surface area contributed by atoms with E-state index >= 15 is 0 Å². The van der Waals surface area contributed by atoms with Crippen LogP contribution in [0.25, 0.3) is 0 Å². The molecule has 0 aliphatic carbocycles. The van der Waals surface area contributed by atoms with Gasteiger partial charge in [-0.15, -0.1) is 0 Å². The highest BCUT2D eigenvalue weighted by Gasteiger charge is 2.19. The average molecular weight is 293 g/mol. The van der Waals surface area contributed by atoms with Crippen molar-refractivity contribution in [3.63, 3.8) is 0 Å². The first-order valence-electron chi connectivity index (χ1n) is 7.77. The van der Waals surface area contributed by atoms with E-state index in [9.17, 15) is 0 Å². The van der Waals surface area contributed by atoms with Gasteiger partial charge < -0.3 is 20.4 Å². The molecule has 1 atom stereocenters. The Morgan fingerprint density at radius 3 is 2.48 bits per heavy atom. The van der Waals surface area contributed by atoms with Crippen molar-refractivity contribution >= 4 is 17.8 Å². The third-order valence-corrected chi connectivity index (χ3v) is 3.93. The van der Waals surface area contributed by atoms with Gasteiger partial charge >= 0.3 is 0 Å². The largest absolute Gasteiger partial charge is 0.357 e. The lowest BCUT2D eigenvalue weighted by atomic mass is 10.1. The number of likely N-dealkylation sites (tertiary alicyclic amines) is 1. The number of nitrogens with one attached hydrogen (secondary N) is 2. The summed E-state index contributed by atoms with van der Waals surface area (Å²) in [5.41, 5.74) is 0. The van der Waals surface area contributed by atoms with Gasteiger partial charge in [-0.1, -0.05) is 0 Å². The fourth-order valence-corrected chi connectivity index (χ4v) is 2.63. The number of aromatic nitrogens is 3. The Morgan fingerprint density at radius 2 is 1.90 bits per heavy atom. The van der Waals surface area contributed by atoms with Crippen LogP contribution in [0.5, 0.6) is 0 Å². The zero-order valence-electron chi connectivity index (χ0n) is 13.6. The molecule has 1 aliphatic rings. The van der Waals surface area contributed by atoms with E-state index in [-0.39, 0.29) is 0 Å². The summed E-state index contributed by atoms with van der Waals surface area (Å²) in [6, 6.07) is 0. The summed E-state index contributed by atoms with van der Waals surface area (Å²) in [5.74, 6) is 2.66. The minimum atomic E-state index is 0.609. The number of nitrogens with zero attached hydrogens (tertiary/aromatic N) is 5. The molecule has 1 aromatic rings. The van der Waals surface area contributed by atoms with E-state index in [4.69, 9.17) is 0 Å². The number of hydrogen-bond donors (Lipinski definition) is 2. The second kappa shape index (κ2) is 7.40. The number of hydrogen-bond acceptors (Lipinski definition) is 7. The highest BCUT2D eigenvalue weighted by molar-refractivity contribution is 5.43. The Kier molecular flexibility index (Phi) is 5.55. The molecule has 1 unspecified atom stereocenters. The summed E-state index contributed by atoms with van der Waals surface area (Å²) < 4.78 is 0. The molecule has 2 heterocycles. The number of rotatable bonds is 7. The molecule has 0 radical (unpaired) electrons. The van der Waals surface area contributed by atoms with E-state index in [2.05, 4.69) is 56.3 Å². The third kappa shape index (κ3) is 4.17. The molecule has 0 saturated carbocycles. The summed E-state index contributed by atoms with van der Waals surface area (Å²) >= 11 is 0. The fraction of sp³-hybridized carbons (Fsp3) is 0.786. The van der Waals surface area contributed by atoms with E-state index in [0.717, 1.165) is 32.1 Å². The minimum absolute atomic E-state index is 0.609. The monoisotopic (exact) mass is 293 g/mol. The van der Waals surface area contributed by atoms with E-state index in [1.807, 2.05) is 7.05 Å². The Bertz CT molecular complexity index is 447. The maximum absolute atomic E-state index is 4.54. The standard InChI is InChI=1S/C14H27N7/c1-5-21(6-2)14-18-12(15-3)17-13(19-14)16-9-11-7-8-20(4)10-11/h11H,5-10H2,1-4H3,(H2,15,16,17,18,19). The molecule has 1 fully saturated rings. The average Bonchev–Trinajstić information content (AvgIpc) is 2.92. The first-order chi connectivity index (χ1) is 10.2. The van der Waals surface area contributed by atoms with Crippen LogP contribution in [0.2, 0.25) is 0 Å². The van der Waals surface area contributed by atoms with Crippen molar-refractivity contribution in [2.45, 2.75) is 20.3 Å². The zero-order valence-corrected chi connectivity index (χ0v) is 13.6. The lowest BCUT2D eigenvalue weighted by Crippen LogP contribution is -2.26. The molecular formula is C14H27N7. The van der Waals surface area contributed by atoms with Gasteiger partial charge in [0.1, 0.15) is 0 Å². The van der Waals surface area contributed by atoms with Crippen molar-refractivity contribution in [1.82, 2.24) is 19.9 Å². The predicted octanol–water partition coefficient (Wildman–Crippen LogP) is 1.12. The van der Waals surface area contributed by atoms with Crippen molar-refractivity contribution in [3.8, 4) is 0 Å². The van der Waals surface area contributed by atoms with Gasteiger partial charge in [0.25, 0.3) is 0 Å². The lowest BCUT2D eigenvalue weighted by Gasteiger charge is -2.20. The molecular weight excluding hydrogens is 266 g/mol. The van der Waals surface area contributed by atoms with Gasteiger partial charge in [-0.25, -0.2) is 0 Å². The van der Waals surface area contributed by atoms with Crippen LogP contribution < -0.4 is 15.5 Å². The molecule has 0 bridgehead atoms. The summed E-state index contributed by atoms with van der Waals surface area (Å²) in [5, 5.41) is 6.38. The first-order valence-corrected chi connectivity index (χ1v) is 7.77. The summed E-state index contributed by atoms with van der Waals surface area (Å²) in [6.07, 6.45) is 1.23. The molecule has 1 aliphatic heterocycles.